The van der Waals surface area contributed by atoms with E-state index in [1.165, 1.54) is 6.20 Å². The monoisotopic (exact) mass is 292 g/mol. The number of carboxylic acids is 1. The minimum atomic E-state index is -3.69. The highest BCUT2D eigenvalue weighted by molar-refractivity contribution is 7.91. The Balaban J connectivity index is 2.89. The molecule has 2 N–H and O–H groups in total. The maximum Gasteiger partial charge on any atom is 0.304 e. The number of aliphatic carboxylic acids is 1. The molecule has 0 saturated carbocycles. The summed E-state index contributed by atoms with van der Waals surface area (Å²) in [7, 11) is -3.69. The van der Waals surface area contributed by atoms with Gasteiger partial charge < -0.3 is 5.11 Å². The molecule has 18 heavy (non-hydrogen) atoms. The van der Waals surface area contributed by atoms with Crippen LogP contribution < -0.4 is 4.72 Å². The molecular formula is C10H16N2O4S2. The van der Waals surface area contributed by atoms with Crippen LogP contribution in [0.3, 0.4) is 0 Å². The Labute approximate surface area is 110 Å². The Morgan fingerprint density at radius 2 is 2.17 bits per heavy atom. The zero-order valence-electron chi connectivity index (χ0n) is 10.4. The van der Waals surface area contributed by atoms with Crippen molar-refractivity contribution in [3.8, 4) is 0 Å². The fourth-order valence-electron chi connectivity index (χ4n) is 1.33. The molecule has 0 aliphatic carbocycles. The van der Waals surface area contributed by atoms with Crippen LogP contribution in [0.4, 0.5) is 0 Å². The van der Waals surface area contributed by atoms with E-state index in [0.29, 0.717) is 5.01 Å². The van der Waals surface area contributed by atoms with E-state index in [-0.39, 0.29) is 16.5 Å². The van der Waals surface area contributed by atoms with E-state index >= 15 is 0 Å². The average Bonchev–Trinajstić information content (AvgIpc) is 2.63. The van der Waals surface area contributed by atoms with Crippen LogP contribution in [0.15, 0.2) is 10.4 Å². The summed E-state index contributed by atoms with van der Waals surface area (Å²) in [6.07, 6.45) is 1.04. The van der Waals surface area contributed by atoms with Crippen molar-refractivity contribution in [2.24, 2.45) is 5.92 Å². The number of rotatable bonds is 6. The molecule has 6 nitrogen and oxygen atoms in total. The van der Waals surface area contributed by atoms with Crippen LogP contribution in [0.2, 0.25) is 0 Å². The summed E-state index contributed by atoms with van der Waals surface area (Å²) < 4.78 is 26.5. The molecule has 0 aliphatic rings. The summed E-state index contributed by atoms with van der Waals surface area (Å²) >= 11 is 1.06. The lowest BCUT2D eigenvalue weighted by atomic mass is 10.0. The smallest absolute Gasteiger partial charge is 0.304 e. The summed E-state index contributed by atoms with van der Waals surface area (Å²) in [5, 5.41) is 9.41. The lowest BCUT2D eigenvalue weighted by molar-refractivity contribution is -0.137. The van der Waals surface area contributed by atoms with Gasteiger partial charge in [0.05, 0.1) is 17.6 Å². The first-order valence-corrected chi connectivity index (χ1v) is 7.69. The third-order valence-electron chi connectivity index (χ3n) is 2.37. The molecule has 0 fully saturated rings. The van der Waals surface area contributed by atoms with Crippen LogP contribution in [0.5, 0.6) is 0 Å². The van der Waals surface area contributed by atoms with Gasteiger partial charge in [0.1, 0.15) is 0 Å². The predicted octanol–water partition coefficient (Wildman–Crippen LogP) is 1.23. The highest BCUT2D eigenvalue weighted by Crippen LogP contribution is 2.19. The van der Waals surface area contributed by atoms with Crippen LogP contribution >= 0.6 is 11.3 Å². The fraction of sp³-hybridized carbons (Fsp3) is 0.600. The van der Waals surface area contributed by atoms with Gasteiger partial charge in [-0.25, -0.2) is 18.1 Å². The van der Waals surface area contributed by atoms with Gasteiger partial charge >= 0.3 is 5.97 Å². The Hall–Kier alpha value is -0.990. The Morgan fingerprint density at radius 3 is 2.56 bits per heavy atom. The van der Waals surface area contributed by atoms with Gasteiger partial charge in [-0.15, -0.1) is 11.3 Å². The minimum Gasteiger partial charge on any atom is -0.481 e. The molecule has 1 unspecified atom stereocenters. The largest absolute Gasteiger partial charge is 0.481 e. The maximum atomic E-state index is 12.0. The van der Waals surface area contributed by atoms with E-state index in [0.717, 1.165) is 11.3 Å². The minimum absolute atomic E-state index is 0.107. The zero-order valence-corrected chi connectivity index (χ0v) is 12.0. The van der Waals surface area contributed by atoms with Crippen molar-refractivity contribution in [2.75, 3.05) is 0 Å². The van der Waals surface area contributed by atoms with E-state index in [1.807, 2.05) is 0 Å². The molecule has 0 amide bonds. The van der Waals surface area contributed by atoms with Gasteiger partial charge in [-0.05, 0) is 12.8 Å². The number of nitrogens with zero attached hydrogens (tertiary/aromatic N) is 1. The first-order valence-electron chi connectivity index (χ1n) is 5.39. The molecule has 0 spiro atoms. The van der Waals surface area contributed by atoms with Crippen molar-refractivity contribution < 1.29 is 18.3 Å². The van der Waals surface area contributed by atoms with Crippen molar-refractivity contribution >= 4 is 27.3 Å². The van der Waals surface area contributed by atoms with Gasteiger partial charge in [0, 0.05) is 6.04 Å². The van der Waals surface area contributed by atoms with E-state index in [2.05, 4.69) is 9.71 Å². The number of aryl methyl sites for hydroxylation is 1. The second-order valence-electron chi connectivity index (χ2n) is 4.27. The third kappa shape index (κ3) is 4.04. The highest BCUT2D eigenvalue weighted by Gasteiger charge is 2.25. The Bertz CT molecular complexity index is 522. The van der Waals surface area contributed by atoms with Crippen LogP contribution in [0, 0.1) is 12.8 Å². The quantitative estimate of drug-likeness (QED) is 0.822. The number of sulfonamides is 1. The molecule has 1 atom stereocenters. The summed E-state index contributed by atoms with van der Waals surface area (Å²) in [4.78, 5) is 14.6. The Kier molecular flexibility index (Phi) is 4.83. The summed E-state index contributed by atoms with van der Waals surface area (Å²) in [5.74, 6) is -1.14. The summed E-state index contributed by atoms with van der Waals surface area (Å²) in [5.41, 5.74) is 0. The normalized spacial score (nSPS) is 13.8. The first kappa shape index (κ1) is 15.1. The average molecular weight is 292 g/mol. The van der Waals surface area contributed by atoms with E-state index in [1.54, 1.807) is 20.8 Å². The number of thiazole rings is 1. The molecule has 102 valence electrons. The van der Waals surface area contributed by atoms with Crippen molar-refractivity contribution in [3.05, 3.63) is 11.2 Å². The predicted molar refractivity (Wildman–Crippen MR) is 68.1 cm³/mol. The van der Waals surface area contributed by atoms with Crippen molar-refractivity contribution in [3.63, 3.8) is 0 Å². The van der Waals surface area contributed by atoms with E-state index in [4.69, 9.17) is 5.11 Å². The molecule has 1 aromatic rings. The third-order valence-corrected chi connectivity index (χ3v) is 5.23. The van der Waals surface area contributed by atoms with Gasteiger partial charge in [-0.2, -0.15) is 0 Å². The van der Waals surface area contributed by atoms with Crippen LogP contribution in [0.1, 0.15) is 25.3 Å². The van der Waals surface area contributed by atoms with Gasteiger partial charge in [0.15, 0.2) is 4.21 Å². The molecule has 1 heterocycles. The highest BCUT2D eigenvalue weighted by atomic mass is 32.2. The number of hydrogen-bond donors (Lipinski definition) is 2. The van der Waals surface area contributed by atoms with Crippen molar-refractivity contribution in [1.82, 2.24) is 9.71 Å². The van der Waals surface area contributed by atoms with E-state index < -0.39 is 22.0 Å². The van der Waals surface area contributed by atoms with Gasteiger partial charge in [0.25, 0.3) is 10.0 Å². The molecule has 0 radical (unpaired) electrons. The van der Waals surface area contributed by atoms with Gasteiger partial charge in [0.2, 0.25) is 0 Å². The summed E-state index contributed by atoms with van der Waals surface area (Å²) in [6, 6.07) is -0.630. The van der Waals surface area contributed by atoms with Gasteiger partial charge in [-0.3, -0.25) is 4.79 Å². The lowest BCUT2D eigenvalue weighted by Crippen LogP contribution is -2.39. The zero-order chi connectivity index (χ0) is 13.9. The number of carbonyl (C=O) groups is 1. The lowest BCUT2D eigenvalue weighted by Gasteiger charge is -2.19. The number of carboxylic acid groups (broad SMARTS) is 1. The van der Waals surface area contributed by atoms with Crippen LogP contribution in [-0.2, 0) is 14.8 Å². The standard InChI is InChI=1S/C10H16N2O4S2/c1-6(2)8(4-9(13)14)12-18(15,16)10-5-11-7(3)17-10/h5-6,8,12H,4H2,1-3H3,(H,13,14). The van der Waals surface area contributed by atoms with E-state index in [9.17, 15) is 13.2 Å². The second-order valence-corrected chi connectivity index (χ2v) is 7.44. The van der Waals surface area contributed by atoms with Crippen LogP contribution in [-0.4, -0.2) is 30.5 Å². The number of nitrogens with one attached hydrogen (secondary N) is 1. The van der Waals surface area contributed by atoms with Gasteiger partial charge in [-0.1, -0.05) is 13.8 Å². The number of aromatic nitrogens is 1. The maximum absolute atomic E-state index is 12.0. The molecule has 0 aromatic carbocycles. The molecule has 0 aliphatic heterocycles. The van der Waals surface area contributed by atoms with Crippen LogP contribution in [0.25, 0.3) is 0 Å². The first-order chi connectivity index (χ1) is 8.22. The molecule has 0 saturated heterocycles. The second kappa shape index (κ2) is 5.77. The molecular weight excluding hydrogens is 276 g/mol. The molecule has 1 aromatic heterocycles. The summed E-state index contributed by atoms with van der Waals surface area (Å²) in [6.45, 7) is 5.25. The number of hydrogen-bond acceptors (Lipinski definition) is 5. The SMILES string of the molecule is Cc1ncc(S(=O)(=O)NC(CC(=O)O)C(C)C)s1. The topological polar surface area (TPSA) is 96.4 Å². The fourth-order valence-corrected chi connectivity index (χ4v) is 3.83. The Morgan fingerprint density at radius 1 is 1.56 bits per heavy atom. The van der Waals surface area contributed by atoms with Crippen molar-refractivity contribution in [2.45, 2.75) is 37.4 Å². The molecule has 0 bridgehead atoms. The molecule has 8 heteroatoms. The van der Waals surface area contributed by atoms with Crippen molar-refractivity contribution in [1.29, 1.82) is 0 Å². The molecule has 1 rings (SSSR count).